The van der Waals surface area contributed by atoms with Crippen LogP contribution in [-0.2, 0) is 16.0 Å². The van der Waals surface area contributed by atoms with Crippen molar-refractivity contribution in [1.82, 2.24) is 4.90 Å². The predicted molar refractivity (Wildman–Crippen MR) is 131 cm³/mol. The Kier molecular flexibility index (Phi) is 14.4. The van der Waals surface area contributed by atoms with Gasteiger partial charge in [-0.1, -0.05) is 56.1 Å². The maximum atomic E-state index is 12.4. The Hall–Kier alpha value is -3.56. The third kappa shape index (κ3) is 11.0. The first kappa shape index (κ1) is 28.4. The number of likely N-dealkylation sites (N-methyl/N-ethyl adjacent to an activating group) is 1. The van der Waals surface area contributed by atoms with Crippen molar-refractivity contribution in [2.45, 2.75) is 26.7 Å². The van der Waals surface area contributed by atoms with Gasteiger partial charge in [-0.3, -0.25) is 14.4 Å². The highest BCUT2D eigenvalue weighted by Crippen LogP contribution is 2.21. The van der Waals surface area contributed by atoms with Gasteiger partial charge >= 0.3 is 5.97 Å². The summed E-state index contributed by atoms with van der Waals surface area (Å²) in [5.74, 6) is -1.21. The summed E-state index contributed by atoms with van der Waals surface area (Å²) < 4.78 is 0. The number of aliphatic carboxylic acids is 1. The highest BCUT2D eigenvalue weighted by atomic mass is 35.5. The summed E-state index contributed by atoms with van der Waals surface area (Å²) in [6, 6.07) is 11.9. The standard InChI is InChI=1S/C20H19ClN2O4.C3H8.C2H2/c1-23(12-20(26)27)10-9-17-15(13-24)3-2-4-18(17)22-19(25)11-14-5-7-16(21)8-6-14;1-3-2;1-2/h2-10,13H,11-12H2,1H3,(H,22,25)(H,26,27);3H2,1-2H3;1-2H/b10-9-;;. The van der Waals surface area contributed by atoms with Crippen molar-refractivity contribution in [3.63, 3.8) is 0 Å². The number of anilines is 1. The van der Waals surface area contributed by atoms with E-state index in [1.54, 1.807) is 61.8 Å². The van der Waals surface area contributed by atoms with Crippen molar-refractivity contribution in [3.8, 4) is 12.8 Å². The summed E-state index contributed by atoms with van der Waals surface area (Å²) in [7, 11) is 1.60. The van der Waals surface area contributed by atoms with E-state index in [9.17, 15) is 14.4 Å². The zero-order valence-corrected chi connectivity index (χ0v) is 19.3. The van der Waals surface area contributed by atoms with Crippen LogP contribution in [0.4, 0.5) is 5.69 Å². The van der Waals surface area contributed by atoms with Crippen LogP contribution >= 0.6 is 11.6 Å². The Labute approximate surface area is 194 Å². The summed E-state index contributed by atoms with van der Waals surface area (Å²) in [6.45, 7) is 4.07. The van der Waals surface area contributed by atoms with Crippen LogP contribution in [-0.4, -0.2) is 41.8 Å². The van der Waals surface area contributed by atoms with E-state index in [0.29, 0.717) is 28.1 Å². The second-order valence-electron chi connectivity index (χ2n) is 6.61. The number of benzene rings is 2. The molecule has 0 aromatic heterocycles. The summed E-state index contributed by atoms with van der Waals surface area (Å²) in [6.07, 6.45) is 13.2. The van der Waals surface area contributed by atoms with Gasteiger partial charge in [-0.05, 0) is 29.8 Å². The lowest BCUT2D eigenvalue weighted by Crippen LogP contribution is -2.20. The number of carboxylic acids is 1. The number of hydrogen-bond acceptors (Lipinski definition) is 4. The van der Waals surface area contributed by atoms with E-state index in [0.717, 1.165) is 5.56 Å². The number of terminal acetylenes is 1. The summed E-state index contributed by atoms with van der Waals surface area (Å²) >= 11 is 5.84. The van der Waals surface area contributed by atoms with E-state index in [1.807, 2.05) is 0 Å². The molecule has 0 aliphatic carbocycles. The molecule has 2 rings (SSSR count). The molecule has 0 aliphatic rings. The van der Waals surface area contributed by atoms with Crippen molar-refractivity contribution >= 4 is 41.5 Å². The van der Waals surface area contributed by atoms with Gasteiger partial charge in [-0.2, -0.15) is 0 Å². The molecule has 32 heavy (non-hydrogen) atoms. The number of aldehydes is 1. The largest absolute Gasteiger partial charge is 0.480 e. The molecule has 7 heteroatoms. The Morgan fingerprint density at radius 1 is 1.12 bits per heavy atom. The second kappa shape index (κ2) is 16.2. The Balaban J connectivity index is 0.00000177. The molecular formula is C25H29ClN2O4. The summed E-state index contributed by atoms with van der Waals surface area (Å²) in [4.78, 5) is 35.9. The van der Waals surface area contributed by atoms with Crippen molar-refractivity contribution in [2.75, 3.05) is 18.9 Å². The van der Waals surface area contributed by atoms with Gasteiger partial charge in [-0.25, -0.2) is 0 Å². The van der Waals surface area contributed by atoms with Crippen LogP contribution in [0.1, 0.15) is 41.8 Å². The van der Waals surface area contributed by atoms with Gasteiger partial charge in [0.1, 0.15) is 6.54 Å². The quantitative estimate of drug-likeness (QED) is 0.431. The van der Waals surface area contributed by atoms with Crippen LogP contribution in [0, 0.1) is 12.8 Å². The zero-order chi connectivity index (χ0) is 24.5. The maximum absolute atomic E-state index is 12.4. The second-order valence-corrected chi connectivity index (χ2v) is 7.05. The molecule has 0 saturated heterocycles. The van der Waals surface area contributed by atoms with E-state index in [4.69, 9.17) is 16.7 Å². The van der Waals surface area contributed by atoms with E-state index >= 15 is 0 Å². The maximum Gasteiger partial charge on any atom is 0.323 e. The van der Waals surface area contributed by atoms with Gasteiger partial charge < -0.3 is 15.3 Å². The number of amides is 1. The number of carbonyl (C=O) groups excluding carboxylic acids is 2. The minimum absolute atomic E-state index is 0.157. The SMILES string of the molecule is C#C.CCC.CN(/C=C\c1c(C=O)cccc1NC(=O)Cc1ccc(Cl)cc1)CC(=O)O. The molecule has 0 atom stereocenters. The first-order valence-electron chi connectivity index (χ1n) is 9.86. The number of halogens is 1. The minimum atomic E-state index is -0.970. The van der Waals surface area contributed by atoms with Gasteiger partial charge in [0.15, 0.2) is 6.29 Å². The summed E-state index contributed by atoms with van der Waals surface area (Å²) in [5.41, 5.74) is 2.17. The van der Waals surface area contributed by atoms with Gasteiger partial charge in [0.05, 0.1) is 6.42 Å². The Bertz CT molecular complexity index is 921. The van der Waals surface area contributed by atoms with Crippen LogP contribution in [0.25, 0.3) is 6.08 Å². The van der Waals surface area contributed by atoms with Crippen LogP contribution < -0.4 is 5.32 Å². The third-order valence-electron chi connectivity index (χ3n) is 3.70. The van der Waals surface area contributed by atoms with Crippen LogP contribution in [0.15, 0.2) is 48.7 Å². The fraction of sp³-hybridized carbons (Fsp3) is 0.240. The van der Waals surface area contributed by atoms with E-state index < -0.39 is 5.97 Å². The molecule has 2 aromatic carbocycles. The fourth-order valence-electron chi connectivity index (χ4n) is 2.43. The summed E-state index contributed by atoms with van der Waals surface area (Å²) in [5, 5.41) is 12.2. The van der Waals surface area contributed by atoms with E-state index in [-0.39, 0.29) is 18.9 Å². The molecule has 0 saturated carbocycles. The molecule has 0 aliphatic heterocycles. The van der Waals surface area contributed by atoms with Crippen LogP contribution in [0.2, 0.25) is 5.02 Å². The van der Waals surface area contributed by atoms with Crippen molar-refractivity contribution in [3.05, 3.63) is 70.4 Å². The molecule has 0 fully saturated rings. The van der Waals surface area contributed by atoms with Crippen molar-refractivity contribution in [1.29, 1.82) is 0 Å². The monoisotopic (exact) mass is 456 g/mol. The number of nitrogens with zero attached hydrogens (tertiary/aromatic N) is 1. The zero-order valence-electron chi connectivity index (χ0n) is 18.5. The van der Waals surface area contributed by atoms with Crippen LogP contribution in [0.3, 0.4) is 0 Å². The fourth-order valence-corrected chi connectivity index (χ4v) is 2.56. The molecular weight excluding hydrogens is 428 g/mol. The first-order chi connectivity index (χ1) is 15.3. The highest BCUT2D eigenvalue weighted by molar-refractivity contribution is 6.30. The minimum Gasteiger partial charge on any atom is -0.480 e. The van der Waals surface area contributed by atoms with Gasteiger partial charge in [0.2, 0.25) is 5.91 Å². The molecule has 0 radical (unpaired) electrons. The molecule has 170 valence electrons. The van der Waals surface area contributed by atoms with Crippen LogP contribution in [0.5, 0.6) is 0 Å². The predicted octanol–water partition coefficient (Wildman–Crippen LogP) is 4.99. The van der Waals surface area contributed by atoms with Gasteiger partial charge in [0.25, 0.3) is 0 Å². The number of rotatable bonds is 8. The molecule has 2 N–H and O–H groups in total. The molecule has 0 bridgehead atoms. The first-order valence-corrected chi connectivity index (χ1v) is 10.2. The molecule has 2 aromatic rings. The average molecular weight is 457 g/mol. The lowest BCUT2D eigenvalue weighted by atomic mass is 10.1. The van der Waals surface area contributed by atoms with E-state index in [1.165, 1.54) is 11.3 Å². The topological polar surface area (TPSA) is 86.7 Å². The molecule has 0 heterocycles. The van der Waals surface area contributed by atoms with Gasteiger partial charge in [-0.15, -0.1) is 12.8 Å². The van der Waals surface area contributed by atoms with Gasteiger partial charge in [0, 0.05) is 35.1 Å². The van der Waals surface area contributed by atoms with E-state index in [2.05, 4.69) is 32.0 Å². The Morgan fingerprint density at radius 2 is 1.72 bits per heavy atom. The molecule has 6 nitrogen and oxygen atoms in total. The third-order valence-corrected chi connectivity index (χ3v) is 3.95. The van der Waals surface area contributed by atoms with Crippen molar-refractivity contribution in [2.24, 2.45) is 0 Å². The van der Waals surface area contributed by atoms with Crippen molar-refractivity contribution < 1.29 is 19.5 Å². The smallest absolute Gasteiger partial charge is 0.323 e. The number of carboxylic acid groups (broad SMARTS) is 1. The number of carbonyl (C=O) groups is 3. The highest BCUT2D eigenvalue weighted by Gasteiger charge is 2.10. The number of hydrogen-bond donors (Lipinski definition) is 2. The normalized spacial score (nSPS) is 9.56. The number of nitrogens with one attached hydrogen (secondary N) is 1. The average Bonchev–Trinajstić information content (AvgIpc) is 2.75. The lowest BCUT2D eigenvalue weighted by Gasteiger charge is -2.13. The molecule has 0 unspecified atom stereocenters. The lowest BCUT2D eigenvalue weighted by molar-refractivity contribution is -0.137. The Morgan fingerprint density at radius 3 is 2.25 bits per heavy atom. The molecule has 0 spiro atoms. The molecule has 1 amide bonds.